The summed E-state index contributed by atoms with van der Waals surface area (Å²) in [5.74, 6) is 0.256. The molecule has 30 heavy (non-hydrogen) atoms. The minimum absolute atomic E-state index is 0.00593. The molecule has 2 aromatic rings. The second-order valence-corrected chi connectivity index (χ2v) is 10.9. The van der Waals surface area contributed by atoms with Crippen LogP contribution in [0.1, 0.15) is 41.1 Å². The summed E-state index contributed by atoms with van der Waals surface area (Å²) in [5.41, 5.74) is 5.07. The Balaban J connectivity index is 1.54. The molecule has 0 N–H and O–H groups in total. The maximum Gasteiger partial charge on any atom is 0.236 e. The van der Waals surface area contributed by atoms with Crippen molar-refractivity contribution >= 4 is 15.7 Å². The largest absolute Gasteiger partial charge is 0.341 e. The van der Waals surface area contributed by atoms with E-state index in [1.165, 1.54) is 22.3 Å². The minimum Gasteiger partial charge on any atom is -0.341 e. The lowest BCUT2D eigenvalue weighted by molar-refractivity contribution is -0.133. The topological polar surface area (TPSA) is 57.7 Å². The molecule has 4 rings (SSSR count). The van der Waals surface area contributed by atoms with E-state index in [1.807, 2.05) is 0 Å². The molecule has 0 bridgehead atoms. The van der Waals surface area contributed by atoms with E-state index in [1.54, 1.807) is 11.9 Å². The van der Waals surface area contributed by atoms with Gasteiger partial charge in [0, 0.05) is 25.7 Å². The Hall–Kier alpha value is -2.18. The third kappa shape index (κ3) is 4.60. The number of likely N-dealkylation sites (N-methyl/N-ethyl adjacent to an activating group) is 1. The third-order valence-electron chi connectivity index (χ3n) is 6.54. The van der Waals surface area contributed by atoms with E-state index in [-0.39, 0.29) is 29.5 Å². The zero-order valence-electron chi connectivity index (χ0n) is 17.8. The van der Waals surface area contributed by atoms with Gasteiger partial charge in [-0.2, -0.15) is 0 Å². The van der Waals surface area contributed by atoms with Crippen LogP contribution in [-0.2, 0) is 27.6 Å². The molecule has 5 nitrogen and oxygen atoms in total. The number of carbonyl (C=O) groups is 1. The molecule has 160 valence electrons. The fraction of sp³-hybridized carbons (Fsp3) is 0.458. The number of carbonyl (C=O) groups excluding carboxylic acids is 1. The standard InChI is InChI=1S/C24H30N2O3S/c1-18-7-9-19(10-8-18)15-26(23-12-11-20-5-3-4-6-22(20)23)16-24(27)25(2)21-13-14-30(28,29)17-21/h3-10,21,23H,11-17H2,1-2H3/t21-,23+/m0/s1. The number of aryl methyl sites for hydroxylation is 2. The van der Waals surface area contributed by atoms with Gasteiger partial charge in [0.2, 0.25) is 5.91 Å². The van der Waals surface area contributed by atoms with Crippen molar-refractivity contribution in [3.05, 3.63) is 70.8 Å². The van der Waals surface area contributed by atoms with Gasteiger partial charge in [-0.05, 0) is 42.9 Å². The number of benzene rings is 2. The van der Waals surface area contributed by atoms with E-state index >= 15 is 0 Å². The lowest BCUT2D eigenvalue weighted by Gasteiger charge is -2.32. The van der Waals surface area contributed by atoms with Crippen LogP contribution in [-0.4, -0.2) is 55.3 Å². The van der Waals surface area contributed by atoms with Crippen LogP contribution in [0.3, 0.4) is 0 Å². The van der Waals surface area contributed by atoms with Gasteiger partial charge in [0.1, 0.15) is 0 Å². The van der Waals surface area contributed by atoms with Gasteiger partial charge in [0.05, 0.1) is 18.1 Å². The molecular weight excluding hydrogens is 396 g/mol. The first-order valence-corrected chi connectivity index (χ1v) is 12.5. The number of sulfone groups is 1. The molecular formula is C24H30N2O3S. The minimum atomic E-state index is -3.02. The van der Waals surface area contributed by atoms with Crippen LogP contribution >= 0.6 is 0 Å². The van der Waals surface area contributed by atoms with E-state index in [2.05, 4.69) is 60.4 Å². The molecule has 1 amide bonds. The second-order valence-electron chi connectivity index (χ2n) is 8.71. The molecule has 0 radical (unpaired) electrons. The van der Waals surface area contributed by atoms with Crippen LogP contribution in [0.5, 0.6) is 0 Å². The number of rotatable bonds is 6. The highest BCUT2D eigenvalue weighted by Gasteiger charge is 2.35. The third-order valence-corrected chi connectivity index (χ3v) is 8.29. The highest BCUT2D eigenvalue weighted by molar-refractivity contribution is 7.91. The van der Waals surface area contributed by atoms with Crippen molar-refractivity contribution in [2.75, 3.05) is 25.1 Å². The van der Waals surface area contributed by atoms with Gasteiger partial charge in [-0.3, -0.25) is 9.69 Å². The number of hydrogen-bond acceptors (Lipinski definition) is 4. The molecule has 0 unspecified atom stereocenters. The molecule has 2 atom stereocenters. The lowest BCUT2D eigenvalue weighted by Crippen LogP contribution is -2.44. The molecule has 2 aromatic carbocycles. The highest BCUT2D eigenvalue weighted by atomic mass is 32.2. The van der Waals surface area contributed by atoms with Crippen LogP contribution in [0.15, 0.2) is 48.5 Å². The molecule has 2 aliphatic rings. The van der Waals surface area contributed by atoms with Crippen molar-refractivity contribution in [1.82, 2.24) is 9.80 Å². The van der Waals surface area contributed by atoms with Crippen molar-refractivity contribution in [3.63, 3.8) is 0 Å². The smallest absolute Gasteiger partial charge is 0.236 e. The van der Waals surface area contributed by atoms with Crippen LogP contribution < -0.4 is 0 Å². The summed E-state index contributed by atoms with van der Waals surface area (Å²) in [6.45, 7) is 3.06. The number of nitrogens with zero attached hydrogens (tertiary/aromatic N) is 2. The normalized spacial score (nSPS) is 22.2. The summed E-state index contributed by atoms with van der Waals surface area (Å²) in [7, 11) is -1.27. The van der Waals surface area contributed by atoms with Gasteiger partial charge in [-0.25, -0.2) is 8.42 Å². The van der Waals surface area contributed by atoms with Gasteiger partial charge >= 0.3 is 0 Å². The fourth-order valence-corrected chi connectivity index (χ4v) is 6.46. The average molecular weight is 427 g/mol. The lowest BCUT2D eigenvalue weighted by atomic mass is 10.1. The molecule has 1 saturated heterocycles. The maximum absolute atomic E-state index is 13.2. The van der Waals surface area contributed by atoms with E-state index in [9.17, 15) is 13.2 Å². The molecule has 1 aliphatic heterocycles. The molecule has 0 spiro atoms. The molecule has 0 aromatic heterocycles. The van der Waals surface area contributed by atoms with Crippen LogP contribution in [0.2, 0.25) is 0 Å². The zero-order chi connectivity index (χ0) is 21.3. The Morgan fingerprint density at radius 3 is 2.50 bits per heavy atom. The van der Waals surface area contributed by atoms with Crippen LogP contribution in [0.4, 0.5) is 0 Å². The van der Waals surface area contributed by atoms with Gasteiger partial charge in [-0.15, -0.1) is 0 Å². The number of hydrogen-bond donors (Lipinski definition) is 0. The second kappa shape index (κ2) is 8.52. The van der Waals surface area contributed by atoms with Crippen molar-refractivity contribution in [2.45, 2.75) is 44.8 Å². The molecule has 1 heterocycles. The van der Waals surface area contributed by atoms with E-state index < -0.39 is 9.84 Å². The van der Waals surface area contributed by atoms with Gasteiger partial charge < -0.3 is 4.90 Å². The van der Waals surface area contributed by atoms with Crippen molar-refractivity contribution < 1.29 is 13.2 Å². The Bertz CT molecular complexity index is 1020. The summed E-state index contributed by atoms with van der Waals surface area (Å²) in [5, 5.41) is 0. The van der Waals surface area contributed by atoms with Gasteiger partial charge in [0.25, 0.3) is 0 Å². The Morgan fingerprint density at radius 1 is 1.07 bits per heavy atom. The summed E-state index contributed by atoms with van der Waals surface area (Å²) < 4.78 is 23.7. The first-order valence-electron chi connectivity index (χ1n) is 10.7. The Morgan fingerprint density at radius 2 is 1.80 bits per heavy atom. The molecule has 6 heteroatoms. The number of fused-ring (bicyclic) bond motifs is 1. The maximum atomic E-state index is 13.2. The summed E-state index contributed by atoms with van der Waals surface area (Å²) >= 11 is 0. The van der Waals surface area contributed by atoms with Crippen LogP contribution in [0.25, 0.3) is 0 Å². The molecule has 1 aliphatic carbocycles. The molecule has 1 fully saturated rings. The summed E-state index contributed by atoms with van der Waals surface area (Å²) in [6.07, 6.45) is 2.56. The quantitative estimate of drug-likeness (QED) is 0.712. The summed E-state index contributed by atoms with van der Waals surface area (Å²) in [4.78, 5) is 17.1. The average Bonchev–Trinajstić information content (AvgIpc) is 3.31. The predicted molar refractivity (Wildman–Crippen MR) is 119 cm³/mol. The van der Waals surface area contributed by atoms with Crippen molar-refractivity contribution in [1.29, 1.82) is 0 Å². The van der Waals surface area contributed by atoms with E-state index in [0.717, 1.165) is 12.8 Å². The molecule has 0 saturated carbocycles. The fourth-order valence-electron chi connectivity index (χ4n) is 4.69. The highest BCUT2D eigenvalue weighted by Crippen LogP contribution is 2.36. The first kappa shape index (κ1) is 21.1. The predicted octanol–water partition coefficient (Wildman–Crippen LogP) is 3.13. The van der Waals surface area contributed by atoms with Crippen LogP contribution in [0, 0.1) is 6.92 Å². The Kier molecular flexibility index (Phi) is 5.98. The first-order chi connectivity index (χ1) is 14.3. The van der Waals surface area contributed by atoms with Gasteiger partial charge in [-0.1, -0.05) is 54.1 Å². The van der Waals surface area contributed by atoms with E-state index in [0.29, 0.717) is 19.5 Å². The van der Waals surface area contributed by atoms with Gasteiger partial charge in [0.15, 0.2) is 9.84 Å². The van der Waals surface area contributed by atoms with Crippen molar-refractivity contribution in [2.24, 2.45) is 0 Å². The Labute approximate surface area is 179 Å². The SMILES string of the molecule is Cc1ccc(CN(CC(=O)N(C)[C@H]2CCS(=O)(=O)C2)[C@@H]2CCc3ccccc32)cc1. The zero-order valence-corrected chi connectivity index (χ0v) is 18.6. The van der Waals surface area contributed by atoms with E-state index in [4.69, 9.17) is 0 Å². The monoisotopic (exact) mass is 426 g/mol. The number of amides is 1. The summed E-state index contributed by atoms with van der Waals surface area (Å²) in [6, 6.07) is 16.9. The van der Waals surface area contributed by atoms with Crippen molar-refractivity contribution in [3.8, 4) is 0 Å².